The van der Waals surface area contributed by atoms with Crippen molar-refractivity contribution in [3.8, 4) is 0 Å². The van der Waals surface area contributed by atoms with E-state index in [-0.39, 0.29) is 18.6 Å². The summed E-state index contributed by atoms with van der Waals surface area (Å²) >= 11 is 0. The predicted octanol–water partition coefficient (Wildman–Crippen LogP) is 0.296. The Bertz CT molecular complexity index is 299. The minimum absolute atomic E-state index is 0.0336. The molecule has 2 N–H and O–H groups in total. The van der Waals surface area contributed by atoms with Crippen LogP contribution in [0.25, 0.3) is 0 Å². The van der Waals surface area contributed by atoms with E-state index in [0.717, 1.165) is 25.9 Å². The number of nitrogens with zero attached hydrogens (tertiary/aromatic N) is 3. The van der Waals surface area contributed by atoms with Gasteiger partial charge in [0.25, 0.3) is 0 Å². The lowest BCUT2D eigenvalue weighted by molar-refractivity contribution is 0.0122. The SMILES string of the molecule is C=C/C=N\C(=NC)N1CCC(CO)(CO)CC1. The second kappa shape index (κ2) is 6.51. The largest absolute Gasteiger partial charge is 0.396 e. The molecule has 1 saturated heterocycles. The fraction of sp³-hybridized carbons (Fsp3) is 0.667. The number of aliphatic hydroxyl groups is 2. The molecule has 0 saturated carbocycles. The van der Waals surface area contributed by atoms with Crippen LogP contribution >= 0.6 is 0 Å². The van der Waals surface area contributed by atoms with E-state index in [1.807, 2.05) is 0 Å². The minimum atomic E-state index is -0.336. The van der Waals surface area contributed by atoms with Gasteiger partial charge < -0.3 is 15.1 Å². The smallest absolute Gasteiger partial charge is 0.220 e. The van der Waals surface area contributed by atoms with Crippen molar-refractivity contribution in [2.24, 2.45) is 15.4 Å². The van der Waals surface area contributed by atoms with Crippen LogP contribution in [-0.4, -0.2) is 60.6 Å². The van der Waals surface area contributed by atoms with E-state index >= 15 is 0 Å². The summed E-state index contributed by atoms with van der Waals surface area (Å²) in [4.78, 5) is 10.4. The van der Waals surface area contributed by atoms with Crippen molar-refractivity contribution < 1.29 is 10.2 Å². The van der Waals surface area contributed by atoms with Crippen molar-refractivity contribution >= 4 is 12.2 Å². The molecule has 0 amide bonds. The number of guanidine groups is 1. The molecule has 17 heavy (non-hydrogen) atoms. The zero-order valence-corrected chi connectivity index (χ0v) is 10.3. The van der Waals surface area contributed by atoms with Crippen LogP contribution in [0.1, 0.15) is 12.8 Å². The Morgan fingerprint density at radius 2 is 1.94 bits per heavy atom. The molecule has 5 heteroatoms. The Labute approximate surface area is 102 Å². The number of allylic oxidation sites excluding steroid dienone is 1. The number of hydrogen-bond acceptors (Lipinski definition) is 3. The van der Waals surface area contributed by atoms with Crippen molar-refractivity contribution in [3.63, 3.8) is 0 Å². The van der Waals surface area contributed by atoms with Gasteiger partial charge in [-0.3, -0.25) is 4.99 Å². The van der Waals surface area contributed by atoms with Crippen molar-refractivity contribution in [1.82, 2.24) is 4.90 Å². The molecule has 0 spiro atoms. The van der Waals surface area contributed by atoms with Crippen LogP contribution < -0.4 is 0 Å². The molecule has 1 rings (SSSR count). The summed E-state index contributed by atoms with van der Waals surface area (Å²) in [7, 11) is 1.70. The van der Waals surface area contributed by atoms with Crippen LogP contribution in [0.5, 0.6) is 0 Å². The molecule has 0 radical (unpaired) electrons. The maximum absolute atomic E-state index is 9.31. The fourth-order valence-electron chi connectivity index (χ4n) is 1.95. The molecular weight excluding hydrogens is 218 g/mol. The Hall–Kier alpha value is -1.20. The molecule has 96 valence electrons. The molecule has 1 aliphatic heterocycles. The first-order valence-corrected chi connectivity index (χ1v) is 5.80. The predicted molar refractivity (Wildman–Crippen MR) is 69.5 cm³/mol. The number of aliphatic imine (C=N–C) groups is 2. The van der Waals surface area contributed by atoms with Gasteiger partial charge in [0.1, 0.15) is 0 Å². The molecule has 1 fully saturated rings. The number of piperidine rings is 1. The Kier molecular flexibility index (Phi) is 5.31. The van der Waals surface area contributed by atoms with Gasteiger partial charge in [-0.1, -0.05) is 12.7 Å². The fourth-order valence-corrected chi connectivity index (χ4v) is 1.95. The van der Waals surface area contributed by atoms with Gasteiger partial charge in [0.05, 0.1) is 13.2 Å². The number of hydrogen-bond donors (Lipinski definition) is 2. The second-order valence-electron chi connectivity index (χ2n) is 4.34. The summed E-state index contributed by atoms with van der Waals surface area (Å²) in [6.07, 6.45) is 4.73. The maximum Gasteiger partial charge on any atom is 0.220 e. The van der Waals surface area contributed by atoms with E-state index in [4.69, 9.17) is 0 Å². The summed E-state index contributed by atoms with van der Waals surface area (Å²) < 4.78 is 0. The minimum Gasteiger partial charge on any atom is -0.396 e. The molecule has 1 aliphatic rings. The summed E-state index contributed by atoms with van der Waals surface area (Å²) in [5, 5.41) is 18.6. The molecule has 0 atom stereocenters. The first-order chi connectivity index (χ1) is 8.21. The highest BCUT2D eigenvalue weighted by Gasteiger charge is 2.34. The third kappa shape index (κ3) is 3.38. The molecule has 1 heterocycles. The quantitative estimate of drug-likeness (QED) is 0.549. The molecule has 0 aromatic carbocycles. The van der Waals surface area contributed by atoms with Gasteiger partial charge in [-0.25, -0.2) is 4.99 Å². The lowest BCUT2D eigenvalue weighted by Gasteiger charge is -2.39. The molecule has 0 aromatic heterocycles. The monoisotopic (exact) mass is 239 g/mol. The lowest BCUT2D eigenvalue weighted by atomic mass is 9.80. The number of aliphatic hydroxyl groups excluding tert-OH is 2. The average molecular weight is 239 g/mol. The van der Waals surface area contributed by atoms with E-state index in [9.17, 15) is 10.2 Å². The van der Waals surface area contributed by atoms with Crippen LogP contribution in [0, 0.1) is 5.41 Å². The zero-order chi connectivity index (χ0) is 12.7. The van der Waals surface area contributed by atoms with Crippen molar-refractivity contribution in [2.45, 2.75) is 12.8 Å². The van der Waals surface area contributed by atoms with Crippen molar-refractivity contribution in [2.75, 3.05) is 33.4 Å². The van der Waals surface area contributed by atoms with Crippen LogP contribution in [0.3, 0.4) is 0 Å². The normalized spacial score (nSPS) is 20.9. The van der Waals surface area contributed by atoms with E-state index in [0.29, 0.717) is 5.96 Å². The summed E-state index contributed by atoms with van der Waals surface area (Å²) in [6, 6.07) is 0. The highest BCUT2D eigenvalue weighted by Crippen LogP contribution is 2.30. The highest BCUT2D eigenvalue weighted by atomic mass is 16.3. The van der Waals surface area contributed by atoms with Crippen LogP contribution in [0.2, 0.25) is 0 Å². The number of rotatable bonds is 3. The summed E-state index contributed by atoms with van der Waals surface area (Å²) in [5.74, 6) is 0.675. The van der Waals surface area contributed by atoms with Crippen LogP contribution in [-0.2, 0) is 0 Å². The molecule has 0 unspecified atom stereocenters. The summed E-state index contributed by atoms with van der Waals surface area (Å²) in [5.41, 5.74) is -0.336. The van der Waals surface area contributed by atoms with Gasteiger partial charge in [-0.2, -0.15) is 0 Å². The average Bonchev–Trinajstić information content (AvgIpc) is 2.40. The third-order valence-corrected chi connectivity index (χ3v) is 3.27. The van der Waals surface area contributed by atoms with Crippen molar-refractivity contribution in [3.05, 3.63) is 12.7 Å². The first-order valence-electron chi connectivity index (χ1n) is 5.80. The van der Waals surface area contributed by atoms with Gasteiger partial charge in [0, 0.05) is 31.8 Å². The Morgan fingerprint density at radius 3 is 2.35 bits per heavy atom. The molecule has 0 bridgehead atoms. The highest BCUT2D eigenvalue weighted by molar-refractivity contribution is 5.90. The first kappa shape index (κ1) is 13.9. The van der Waals surface area contributed by atoms with Gasteiger partial charge in [0.2, 0.25) is 5.96 Å². The Morgan fingerprint density at radius 1 is 1.35 bits per heavy atom. The topological polar surface area (TPSA) is 68.4 Å². The van der Waals surface area contributed by atoms with E-state index in [1.54, 1.807) is 19.3 Å². The van der Waals surface area contributed by atoms with Gasteiger partial charge in [0.15, 0.2) is 0 Å². The molecular formula is C12H21N3O2. The molecule has 0 aliphatic carbocycles. The second-order valence-corrected chi connectivity index (χ2v) is 4.34. The van der Waals surface area contributed by atoms with Gasteiger partial charge >= 0.3 is 0 Å². The van der Waals surface area contributed by atoms with Crippen molar-refractivity contribution in [1.29, 1.82) is 0 Å². The van der Waals surface area contributed by atoms with Crippen LogP contribution in [0.15, 0.2) is 22.6 Å². The number of likely N-dealkylation sites (tertiary alicyclic amines) is 1. The van der Waals surface area contributed by atoms with Crippen LogP contribution in [0.4, 0.5) is 0 Å². The maximum atomic E-state index is 9.31. The third-order valence-electron chi connectivity index (χ3n) is 3.27. The molecule has 0 aromatic rings. The molecule has 5 nitrogen and oxygen atoms in total. The van der Waals surface area contributed by atoms with Gasteiger partial charge in [-0.05, 0) is 12.8 Å². The van der Waals surface area contributed by atoms with Gasteiger partial charge in [-0.15, -0.1) is 0 Å². The zero-order valence-electron chi connectivity index (χ0n) is 10.3. The Balaban J connectivity index is 2.62. The van der Waals surface area contributed by atoms with E-state index in [2.05, 4.69) is 21.5 Å². The van der Waals surface area contributed by atoms with E-state index < -0.39 is 0 Å². The standard InChI is InChI=1S/C12H21N3O2/c1-3-6-14-11(13-2)15-7-4-12(9-16,10-17)5-8-15/h3,6,16-17H,1,4-5,7-10H2,2H3/b13-11?,14-6-. The van der Waals surface area contributed by atoms with E-state index in [1.165, 1.54) is 0 Å². The summed E-state index contributed by atoms with van der Waals surface area (Å²) in [6.45, 7) is 5.14. The lowest BCUT2D eigenvalue weighted by Crippen LogP contribution is -2.45.